The Bertz CT molecular complexity index is 1070. The third-order valence-corrected chi connectivity index (χ3v) is 7.63. The van der Waals surface area contributed by atoms with Crippen molar-refractivity contribution in [3.63, 3.8) is 0 Å². The first kappa shape index (κ1) is 22.8. The molecule has 0 radical (unpaired) electrons. The predicted octanol–water partition coefficient (Wildman–Crippen LogP) is 7.25. The molecule has 1 amide bonds. The average Bonchev–Trinajstić information content (AvgIpc) is 3.48. The molecule has 5 nitrogen and oxygen atoms in total. The summed E-state index contributed by atoms with van der Waals surface area (Å²) in [5.74, 6) is 0.581. The molecule has 1 aliphatic heterocycles. The van der Waals surface area contributed by atoms with E-state index in [0.717, 1.165) is 50.2 Å². The van der Waals surface area contributed by atoms with Crippen LogP contribution in [0.15, 0.2) is 30.0 Å². The van der Waals surface area contributed by atoms with E-state index < -0.39 is 5.60 Å². The zero-order chi connectivity index (χ0) is 23.4. The lowest BCUT2D eigenvalue weighted by Gasteiger charge is -2.49. The minimum atomic E-state index is -0.453. The van der Waals surface area contributed by atoms with Gasteiger partial charge >= 0.3 is 6.09 Å². The molecule has 2 aliphatic carbocycles. The number of likely N-dealkylation sites (tertiary alicyclic amines) is 1. The maximum Gasteiger partial charge on any atom is 0.410 e. The van der Waals surface area contributed by atoms with E-state index in [-0.39, 0.29) is 6.09 Å². The highest BCUT2D eigenvalue weighted by Gasteiger charge is 2.44. The first-order valence-corrected chi connectivity index (χ1v) is 12.6. The number of hydrogen-bond acceptors (Lipinski definition) is 3. The molecular formula is C26H31Cl2N3O2. The van der Waals surface area contributed by atoms with Crippen LogP contribution in [0.2, 0.25) is 10.0 Å². The Kier molecular flexibility index (Phi) is 5.77. The molecule has 0 unspecified atom stereocenters. The summed E-state index contributed by atoms with van der Waals surface area (Å²) in [7, 11) is 0. The van der Waals surface area contributed by atoms with E-state index in [1.807, 2.05) is 54.7 Å². The number of nitrogens with zero attached hydrogens (tertiary/aromatic N) is 3. The van der Waals surface area contributed by atoms with Crippen molar-refractivity contribution >= 4 is 35.4 Å². The summed E-state index contributed by atoms with van der Waals surface area (Å²) in [6.07, 6.45) is 10.7. The molecule has 3 aliphatic rings. The van der Waals surface area contributed by atoms with Crippen LogP contribution in [0.1, 0.15) is 76.5 Å². The summed E-state index contributed by atoms with van der Waals surface area (Å²) in [6.45, 7) is 7.27. The van der Waals surface area contributed by atoms with Gasteiger partial charge < -0.3 is 9.64 Å². The Morgan fingerprint density at radius 1 is 1.15 bits per heavy atom. The second-order valence-electron chi connectivity index (χ2n) is 10.9. The van der Waals surface area contributed by atoms with Gasteiger partial charge in [-0.3, -0.25) is 0 Å². The monoisotopic (exact) mass is 487 g/mol. The van der Waals surface area contributed by atoms with Crippen molar-refractivity contribution in [1.29, 1.82) is 0 Å². The second-order valence-corrected chi connectivity index (χ2v) is 11.7. The molecule has 1 aromatic heterocycles. The summed E-state index contributed by atoms with van der Waals surface area (Å²) in [5.41, 5.74) is 4.44. The van der Waals surface area contributed by atoms with Gasteiger partial charge in [0.25, 0.3) is 0 Å². The number of carbonyl (C=O) groups is 1. The van der Waals surface area contributed by atoms with Gasteiger partial charge in [0, 0.05) is 18.7 Å². The molecule has 33 heavy (non-hydrogen) atoms. The van der Waals surface area contributed by atoms with Crippen LogP contribution in [-0.2, 0) is 4.74 Å². The SMILES string of the molecule is CC(C)(C)OC(=O)N1CCC2(CC1)CC(=Cc1c(C3CC3)cnn1-c1c(Cl)cccc1Cl)C2. The van der Waals surface area contributed by atoms with Crippen molar-refractivity contribution in [2.45, 2.75) is 70.8 Å². The smallest absolute Gasteiger partial charge is 0.410 e. The van der Waals surface area contributed by atoms with Crippen LogP contribution >= 0.6 is 23.2 Å². The lowest BCUT2D eigenvalue weighted by atomic mass is 9.60. The third-order valence-electron chi connectivity index (χ3n) is 7.02. The number of piperidine rings is 1. The second kappa shape index (κ2) is 8.35. The van der Waals surface area contributed by atoms with Gasteiger partial charge in [-0.05, 0) is 88.8 Å². The number of ether oxygens (including phenoxy) is 1. The lowest BCUT2D eigenvalue weighted by Crippen LogP contribution is -2.47. The zero-order valence-corrected chi connectivity index (χ0v) is 21.0. The molecule has 5 rings (SSSR count). The zero-order valence-electron chi connectivity index (χ0n) is 19.5. The molecule has 1 saturated heterocycles. The number of carbonyl (C=O) groups excluding carboxylic acids is 1. The van der Waals surface area contributed by atoms with Gasteiger partial charge in [0.15, 0.2) is 0 Å². The largest absolute Gasteiger partial charge is 0.444 e. The molecule has 2 saturated carbocycles. The minimum Gasteiger partial charge on any atom is -0.444 e. The molecule has 2 aromatic rings. The quantitative estimate of drug-likeness (QED) is 0.457. The van der Waals surface area contributed by atoms with Gasteiger partial charge in [-0.15, -0.1) is 0 Å². The predicted molar refractivity (Wildman–Crippen MR) is 132 cm³/mol. The van der Waals surface area contributed by atoms with Crippen LogP contribution in [0, 0.1) is 5.41 Å². The number of halogens is 2. The fourth-order valence-electron chi connectivity index (χ4n) is 5.14. The summed E-state index contributed by atoms with van der Waals surface area (Å²) < 4.78 is 7.47. The van der Waals surface area contributed by atoms with Gasteiger partial charge in [-0.2, -0.15) is 5.10 Å². The first-order chi connectivity index (χ1) is 15.6. The van der Waals surface area contributed by atoms with Crippen LogP contribution in [0.25, 0.3) is 11.8 Å². The van der Waals surface area contributed by atoms with Crippen molar-refractivity contribution in [2.75, 3.05) is 13.1 Å². The standard InChI is InChI=1S/C26H31Cl2N3O2/c1-25(2,3)33-24(32)30-11-9-26(10-12-30)14-17(15-26)13-22-19(18-7-8-18)16-29-31(22)23-20(27)5-4-6-21(23)28/h4-6,13,16,18H,7-12,14-15H2,1-3H3. The topological polar surface area (TPSA) is 47.4 Å². The highest BCUT2D eigenvalue weighted by Crippen LogP contribution is 2.53. The number of aromatic nitrogens is 2. The van der Waals surface area contributed by atoms with Crippen LogP contribution < -0.4 is 0 Å². The Hall–Kier alpha value is -1.98. The summed E-state index contributed by atoms with van der Waals surface area (Å²) >= 11 is 13.0. The van der Waals surface area contributed by atoms with Gasteiger partial charge in [-0.25, -0.2) is 9.48 Å². The summed E-state index contributed by atoms with van der Waals surface area (Å²) in [5, 5.41) is 5.90. The van der Waals surface area contributed by atoms with E-state index in [1.165, 1.54) is 24.0 Å². The number of allylic oxidation sites excluding steroid dienone is 1. The average molecular weight is 488 g/mol. The summed E-state index contributed by atoms with van der Waals surface area (Å²) in [4.78, 5) is 14.3. The van der Waals surface area contributed by atoms with Crippen LogP contribution in [0.5, 0.6) is 0 Å². The van der Waals surface area contributed by atoms with Crippen molar-refractivity contribution in [2.24, 2.45) is 5.41 Å². The number of benzene rings is 1. The van der Waals surface area contributed by atoms with Crippen molar-refractivity contribution in [3.05, 3.63) is 51.3 Å². The first-order valence-electron chi connectivity index (χ1n) is 11.8. The van der Waals surface area contributed by atoms with Crippen LogP contribution in [0.4, 0.5) is 4.79 Å². The van der Waals surface area contributed by atoms with Crippen LogP contribution in [0.3, 0.4) is 0 Å². The Morgan fingerprint density at radius 3 is 2.36 bits per heavy atom. The van der Waals surface area contributed by atoms with Gasteiger partial charge in [0.2, 0.25) is 0 Å². The van der Waals surface area contributed by atoms with E-state index in [4.69, 9.17) is 27.9 Å². The van der Waals surface area contributed by atoms with E-state index in [2.05, 4.69) is 11.2 Å². The molecule has 1 spiro atoms. The van der Waals surface area contributed by atoms with Gasteiger partial charge in [-0.1, -0.05) is 34.8 Å². The van der Waals surface area contributed by atoms with Crippen LogP contribution in [-0.4, -0.2) is 39.5 Å². The lowest BCUT2D eigenvalue weighted by molar-refractivity contribution is 0.00448. The molecular weight excluding hydrogens is 457 g/mol. The summed E-state index contributed by atoms with van der Waals surface area (Å²) in [6, 6.07) is 5.57. The molecule has 0 N–H and O–H groups in total. The van der Waals surface area contributed by atoms with Crippen molar-refractivity contribution in [1.82, 2.24) is 14.7 Å². The normalized spacial score (nSPS) is 20.0. The highest BCUT2D eigenvalue weighted by atomic mass is 35.5. The molecule has 3 fully saturated rings. The van der Waals surface area contributed by atoms with Gasteiger partial charge in [0.1, 0.15) is 11.3 Å². The van der Waals surface area contributed by atoms with Gasteiger partial charge in [0.05, 0.1) is 21.9 Å². The number of rotatable bonds is 3. The maximum atomic E-state index is 12.4. The molecule has 7 heteroatoms. The number of amides is 1. The minimum absolute atomic E-state index is 0.193. The fourth-order valence-corrected chi connectivity index (χ4v) is 5.70. The maximum absolute atomic E-state index is 12.4. The number of para-hydroxylation sites is 1. The molecule has 176 valence electrons. The fraction of sp³-hybridized carbons (Fsp3) is 0.538. The Morgan fingerprint density at radius 2 is 1.79 bits per heavy atom. The van der Waals surface area contributed by atoms with Crippen molar-refractivity contribution < 1.29 is 9.53 Å². The number of hydrogen-bond donors (Lipinski definition) is 0. The van der Waals surface area contributed by atoms with E-state index in [0.29, 0.717) is 21.4 Å². The molecule has 2 heterocycles. The molecule has 0 atom stereocenters. The van der Waals surface area contributed by atoms with E-state index >= 15 is 0 Å². The third kappa shape index (κ3) is 4.67. The van der Waals surface area contributed by atoms with Crippen molar-refractivity contribution in [3.8, 4) is 5.69 Å². The molecule has 0 bridgehead atoms. The Balaban J connectivity index is 1.32. The van der Waals surface area contributed by atoms with E-state index in [9.17, 15) is 4.79 Å². The van der Waals surface area contributed by atoms with E-state index in [1.54, 1.807) is 0 Å². The Labute approximate surface area is 205 Å². The highest BCUT2D eigenvalue weighted by molar-refractivity contribution is 6.37. The molecule has 1 aromatic carbocycles.